The molecule has 1 N–H and O–H groups in total. The number of aryl methyl sites for hydroxylation is 1. The van der Waals surface area contributed by atoms with Gasteiger partial charge in [-0.3, -0.25) is 10.3 Å². The summed E-state index contributed by atoms with van der Waals surface area (Å²) in [6.45, 7) is 9.53. The van der Waals surface area contributed by atoms with E-state index in [-0.39, 0.29) is 0 Å². The van der Waals surface area contributed by atoms with Crippen LogP contribution in [0.4, 0.5) is 5.69 Å². The summed E-state index contributed by atoms with van der Waals surface area (Å²) in [4.78, 5) is 5.62. The lowest BCUT2D eigenvalue weighted by atomic mass is 10.0. The molecule has 0 aliphatic rings. The molecule has 1 aromatic rings. The Morgan fingerprint density at radius 1 is 0.739 bits per heavy atom. The van der Waals surface area contributed by atoms with Crippen molar-refractivity contribution in [1.82, 2.24) is 0 Å². The van der Waals surface area contributed by atoms with Gasteiger partial charge in [-0.05, 0) is 49.9 Å². The van der Waals surface area contributed by atoms with Crippen LogP contribution in [0.5, 0.6) is 0 Å². The summed E-state index contributed by atoms with van der Waals surface area (Å²) >= 11 is 0. The van der Waals surface area contributed by atoms with E-state index in [0.29, 0.717) is 0 Å². The Bertz CT molecular complexity index is 428. The highest BCUT2D eigenvalue weighted by Gasteiger charge is 2.03. The molecule has 0 aromatic heterocycles. The van der Waals surface area contributed by atoms with Crippen molar-refractivity contribution < 1.29 is 4.84 Å². The van der Waals surface area contributed by atoms with E-state index in [1.807, 2.05) is 0 Å². The number of rotatable bonds is 13. The summed E-state index contributed by atoms with van der Waals surface area (Å²) < 4.78 is 0. The Kier molecular flexibility index (Phi) is 10.8. The lowest BCUT2D eigenvalue weighted by Crippen LogP contribution is -2.05. The van der Waals surface area contributed by atoms with Crippen LogP contribution in [-0.2, 0) is 4.84 Å². The molecule has 0 saturated heterocycles. The first-order valence-electron chi connectivity index (χ1n) is 9.61. The summed E-state index contributed by atoms with van der Waals surface area (Å²) in [6, 6.07) is 4.25. The molecule has 2 heteroatoms. The fourth-order valence-corrected chi connectivity index (χ4v) is 2.86. The number of anilines is 1. The molecule has 0 bridgehead atoms. The van der Waals surface area contributed by atoms with Crippen molar-refractivity contribution in [2.24, 2.45) is 0 Å². The van der Waals surface area contributed by atoms with E-state index in [1.165, 1.54) is 74.5 Å². The summed E-state index contributed by atoms with van der Waals surface area (Å²) in [6.07, 6.45) is 13.6. The van der Waals surface area contributed by atoms with Crippen molar-refractivity contribution in [1.29, 1.82) is 0 Å². The van der Waals surface area contributed by atoms with E-state index < -0.39 is 0 Å². The number of hydrogen-bond acceptors (Lipinski definition) is 2. The van der Waals surface area contributed by atoms with E-state index in [4.69, 9.17) is 4.84 Å². The number of nitrogens with one attached hydrogen (secondary N) is 1. The third-order valence-corrected chi connectivity index (χ3v) is 4.84. The van der Waals surface area contributed by atoms with E-state index >= 15 is 0 Å². The largest absolute Gasteiger partial charge is 0.276 e. The van der Waals surface area contributed by atoms with Crippen LogP contribution in [0.3, 0.4) is 0 Å². The summed E-state index contributed by atoms with van der Waals surface area (Å²) in [7, 11) is 0. The summed E-state index contributed by atoms with van der Waals surface area (Å²) in [5, 5.41) is 0. The van der Waals surface area contributed by atoms with Gasteiger partial charge in [-0.2, -0.15) is 0 Å². The molecule has 0 fully saturated rings. The van der Waals surface area contributed by atoms with Gasteiger partial charge >= 0.3 is 0 Å². The van der Waals surface area contributed by atoms with E-state index in [1.54, 1.807) is 0 Å². The van der Waals surface area contributed by atoms with Crippen LogP contribution in [-0.4, -0.2) is 6.61 Å². The molecule has 1 aromatic carbocycles. The fraction of sp³-hybridized carbons (Fsp3) is 0.714. The average Bonchev–Trinajstić information content (AvgIpc) is 2.55. The van der Waals surface area contributed by atoms with Crippen LogP contribution in [0.15, 0.2) is 12.1 Å². The number of benzene rings is 1. The third kappa shape index (κ3) is 8.41. The summed E-state index contributed by atoms with van der Waals surface area (Å²) in [5.41, 5.74) is 8.18. The van der Waals surface area contributed by atoms with Crippen LogP contribution in [0, 0.1) is 20.8 Å². The monoisotopic (exact) mass is 319 g/mol. The molecule has 0 saturated carbocycles. The molecule has 2 nitrogen and oxygen atoms in total. The second-order valence-corrected chi connectivity index (χ2v) is 6.81. The van der Waals surface area contributed by atoms with Gasteiger partial charge < -0.3 is 0 Å². The summed E-state index contributed by atoms with van der Waals surface area (Å²) in [5.74, 6) is 0. The quantitative estimate of drug-likeness (QED) is 0.316. The molecule has 0 radical (unpaired) electrons. The molecule has 0 heterocycles. The predicted octanol–water partition coefficient (Wildman–Crippen LogP) is 6.88. The lowest BCUT2D eigenvalue weighted by Gasteiger charge is -2.13. The first-order chi connectivity index (χ1) is 11.2. The highest BCUT2D eigenvalue weighted by molar-refractivity contribution is 5.54. The molecule has 0 aliphatic heterocycles. The Morgan fingerprint density at radius 2 is 1.30 bits per heavy atom. The second kappa shape index (κ2) is 12.4. The molecule has 0 unspecified atom stereocenters. The topological polar surface area (TPSA) is 21.3 Å². The van der Waals surface area contributed by atoms with E-state index in [9.17, 15) is 0 Å². The van der Waals surface area contributed by atoms with Gasteiger partial charge in [-0.15, -0.1) is 0 Å². The van der Waals surface area contributed by atoms with Gasteiger partial charge in [0, 0.05) is 0 Å². The molecule has 1 rings (SSSR count). The van der Waals surface area contributed by atoms with Crippen molar-refractivity contribution in [3.05, 3.63) is 28.8 Å². The minimum absolute atomic E-state index is 0.795. The third-order valence-electron chi connectivity index (χ3n) is 4.84. The minimum atomic E-state index is 0.795. The molecule has 0 spiro atoms. The molecular formula is C21H37NO. The van der Waals surface area contributed by atoms with E-state index in [0.717, 1.165) is 18.7 Å². The molecular weight excluding hydrogens is 282 g/mol. The van der Waals surface area contributed by atoms with Gasteiger partial charge in [0.1, 0.15) is 0 Å². The first-order valence-corrected chi connectivity index (χ1v) is 9.61. The van der Waals surface area contributed by atoms with Crippen LogP contribution in [0.1, 0.15) is 87.8 Å². The zero-order chi connectivity index (χ0) is 16.9. The van der Waals surface area contributed by atoms with E-state index in [2.05, 4.69) is 45.3 Å². The maximum Gasteiger partial charge on any atom is 0.0746 e. The smallest absolute Gasteiger partial charge is 0.0746 e. The SMILES string of the molecule is CCCCCCCCCCCCONc1ccc(C)c(C)c1C. The maximum absolute atomic E-state index is 5.62. The zero-order valence-corrected chi connectivity index (χ0v) is 15.8. The Balaban J connectivity index is 1.97. The van der Waals surface area contributed by atoms with Gasteiger partial charge in [-0.25, -0.2) is 0 Å². The normalized spacial score (nSPS) is 11.0. The van der Waals surface area contributed by atoms with Crippen LogP contribution < -0.4 is 5.48 Å². The van der Waals surface area contributed by atoms with Gasteiger partial charge in [0.15, 0.2) is 0 Å². The Labute approximate surface area is 144 Å². The molecule has 0 atom stereocenters. The number of hydrogen-bond donors (Lipinski definition) is 1. The standard InChI is InChI=1S/C21H37NO/c1-5-6-7-8-9-10-11-12-13-14-17-23-22-21-16-15-18(2)19(3)20(21)4/h15-16,22H,5-14,17H2,1-4H3. The molecule has 0 amide bonds. The van der Waals surface area contributed by atoms with Gasteiger partial charge in [0.25, 0.3) is 0 Å². The molecule has 0 aliphatic carbocycles. The van der Waals surface area contributed by atoms with Crippen molar-refractivity contribution >= 4 is 5.69 Å². The van der Waals surface area contributed by atoms with Crippen LogP contribution in [0.25, 0.3) is 0 Å². The van der Waals surface area contributed by atoms with Crippen molar-refractivity contribution in [2.45, 2.75) is 91.9 Å². The van der Waals surface area contributed by atoms with Crippen LogP contribution in [0.2, 0.25) is 0 Å². The van der Waals surface area contributed by atoms with Gasteiger partial charge in [0.2, 0.25) is 0 Å². The Morgan fingerprint density at radius 3 is 1.91 bits per heavy atom. The van der Waals surface area contributed by atoms with Crippen molar-refractivity contribution in [3.63, 3.8) is 0 Å². The van der Waals surface area contributed by atoms with Crippen molar-refractivity contribution in [3.8, 4) is 0 Å². The average molecular weight is 320 g/mol. The van der Waals surface area contributed by atoms with Gasteiger partial charge in [-0.1, -0.05) is 70.8 Å². The lowest BCUT2D eigenvalue weighted by molar-refractivity contribution is 0.187. The maximum atomic E-state index is 5.62. The zero-order valence-electron chi connectivity index (χ0n) is 15.8. The molecule has 23 heavy (non-hydrogen) atoms. The van der Waals surface area contributed by atoms with Crippen molar-refractivity contribution in [2.75, 3.05) is 12.1 Å². The van der Waals surface area contributed by atoms with Crippen LogP contribution >= 0.6 is 0 Å². The Hall–Kier alpha value is -1.02. The fourth-order valence-electron chi connectivity index (χ4n) is 2.86. The minimum Gasteiger partial charge on any atom is -0.276 e. The molecule has 132 valence electrons. The second-order valence-electron chi connectivity index (χ2n) is 6.81. The predicted molar refractivity (Wildman–Crippen MR) is 102 cm³/mol. The van der Waals surface area contributed by atoms with Gasteiger partial charge in [0.05, 0.1) is 12.3 Å². The highest BCUT2D eigenvalue weighted by atomic mass is 16.6. The number of unbranched alkanes of at least 4 members (excludes halogenated alkanes) is 9. The highest BCUT2D eigenvalue weighted by Crippen LogP contribution is 2.21. The first kappa shape index (κ1) is 20.0.